The van der Waals surface area contributed by atoms with Crippen LogP contribution in [0.4, 0.5) is 11.4 Å². The maximum absolute atomic E-state index is 12.6. The highest BCUT2D eigenvalue weighted by Gasteiger charge is 2.24. The highest BCUT2D eigenvalue weighted by Crippen LogP contribution is 2.34. The summed E-state index contributed by atoms with van der Waals surface area (Å²) in [5, 5.41) is 14.1. The zero-order valence-electron chi connectivity index (χ0n) is 18.1. The number of amides is 1. The number of ether oxygens (including phenoxy) is 2. The van der Waals surface area contributed by atoms with Gasteiger partial charge in [0.15, 0.2) is 11.5 Å². The van der Waals surface area contributed by atoms with Crippen LogP contribution in [-0.4, -0.2) is 44.7 Å². The monoisotopic (exact) mass is 427 g/mol. The van der Waals surface area contributed by atoms with Gasteiger partial charge in [-0.2, -0.15) is 0 Å². The summed E-state index contributed by atoms with van der Waals surface area (Å²) >= 11 is 0. The lowest BCUT2D eigenvalue weighted by atomic mass is 10.1. The Morgan fingerprint density at radius 1 is 1.06 bits per heavy atom. The number of nitro groups is 1. The molecule has 166 valence electrons. The average Bonchev–Trinajstić information content (AvgIpc) is 2.81. The first-order chi connectivity index (χ1) is 15.0. The molecule has 1 amide bonds. The van der Waals surface area contributed by atoms with E-state index in [0.717, 1.165) is 25.9 Å². The summed E-state index contributed by atoms with van der Waals surface area (Å²) in [4.78, 5) is 25.8. The summed E-state index contributed by atoms with van der Waals surface area (Å²) in [5.41, 5.74) is 2.10. The number of piperidine rings is 1. The van der Waals surface area contributed by atoms with E-state index in [1.807, 2.05) is 0 Å². The Labute approximate surface area is 182 Å². The fourth-order valence-corrected chi connectivity index (χ4v) is 3.82. The SMILES string of the molecule is COc1cc(C(=O)NCCCc2ccc(N3CCCCC3)cc2)c([N+](=O)[O-])cc1OC. The maximum atomic E-state index is 12.6. The molecule has 0 aromatic heterocycles. The first kappa shape index (κ1) is 22.4. The van der Waals surface area contributed by atoms with Crippen LogP contribution in [-0.2, 0) is 6.42 Å². The van der Waals surface area contributed by atoms with E-state index in [9.17, 15) is 14.9 Å². The van der Waals surface area contributed by atoms with E-state index in [-0.39, 0.29) is 22.7 Å². The Balaban J connectivity index is 1.55. The summed E-state index contributed by atoms with van der Waals surface area (Å²) in [6.07, 6.45) is 5.36. The number of nitrogens with zero attached hydrogens (tertiary/aromatic N) is 2. The fourth-order valence-electron chi connectivity index (χ4n) is 3.82. The van der Waals surface area contributed by atoms with Crippen molar-refractivity contribution in [3.8, 4) is 11.5 Å². The van der Waals surface area contributed by atoms with Crippen LogP contribution in [0.15, 0.2) is 36.4 Å². The molecular formula is C23H29N3O5. The Bertz CT molecular complexity index is 908. The number of aryl methyl sites for hydroxylation is 1. The molecule has 1 aliphatic heterocycles. The van der Waals surface area contributed by atoms with E-state index in [1.165, 1.54) is 56.9 Å². The lowest BCUT2D eigenvalue weighted by molar-refractivity contribution is -0.385. The number of anilines is 1. The molecular weight excluding hydrogens is 398 g/mol. The van der Waals surface area contributed by atoms with Crippen molar-refractivity contribution < 1.29 is 19.2 Å². The largest absolute Gasteiger partial charge is 0.493 e. The van der Waals surface area contributed by atoms with Gasteiger partial charge in [-0.05, 0) is 49.8 Å². The number of hydrogen-bond acceptors (Lipinski definition) is 6. The number of hydrogen-bond donors (Lipinski definition) is 1. The Hall–Kier alpha value is -3.29. The second kappa shape index (κ2) is 10.7. The minimum atomic E-state index is -0.596. The molecule has 0 atom stereocenters. The van der Waals surface area contributed by atoms with Crippen LogP contribution < -0.4 is 19.7 Å². The minimum absolute atomic E-state index is 0.0477. The Morgan fingerprint density at radius 2 is 1.71 bits per heavy atom. The van der Waals surface area contributed by atoms with Crippen LogP contribution in [0.3, 0.4) is 0 Å². The number of nitro benzene ring substituents is 1. The molecule has 1 aliphatic rings. The number of carbonyl (C=O) groups is 1. The van der Waals surface area contributed by atoms with E-state index in [1.54, 1.807) is 0 Å². The molecule has 2 aromatic rings. The van der Waals surface area contributed by atoms with Gasteiger partial charge in [0.2, 0.25) is 0 Å². The van der Waals surface area contributed by atoms with Crippen molar-refractivity contribution >= 4 is 17.3 Å². The third-order valence-corrected chi connectivity index (χ3v) is 5.53. The molecule has 2 aromatic carbocycles. The Morgan fingerprint density at radius 3 is 2.32 bits per heavy atom. The minimum Gasteiger partial charge on any atom is -0.493 e. The van der Waals surface area contributed by atoms with E-state index in [2.05, 4.69) is 34.5 Å². The van der Waals surface area contributed by atoms with Gasteiger partial charge >= 0.3 is 0 Å². The van der Waals surface area contributed by atoms with Gasteiger partial charge in [-0.3, -0.25) is 14.9 Å². The standard InChI is InChI=1S/C23H29N3O5/c1-30-21-15-19(20(26(28)29)16-22(21)31-2)23(27)24-12-6-7-17-8-10-18(11-9-17)25-13-4-3-5-14-25/h8-11,15-16H,3-7,12-14H2,1-2H3,(H,24,27). The molecule has 1 saturated heterocycles. The molecule has 3 rings (SSSR count). The average molecular weight is 428 g/mol. The maximum Gasteiger partial charge on any atom is 0.286 e. The molecule has 1 fully saturated rings. The predicted molar refractivity (Wildman–Crippen MR) is 119 cm³/mol. The molecule has 8 nitrogen and oxygen atoms in total. The van der Waals surface area contributed by atoms with E-state index >= 15 is 0 Å². The lowest BCUT2D eigenvalue weighted by Gasteiger charge is -2.28. The zero-order valence-corrected chi connectivity index (χ0v) is 18.1. The second-order valence-corrected chi connectivity index (χ2v) is 7.56. The van der Waals surface area contributed by atoms with Gasteiger partial charge in [-0.1, -0.05) is 12.1 Å². The summed E-state index contributed by atoms with van der Waals surface area (Å²) in [6.45, 7) is 2.65. The van der Waals surface area contributed by atoms with Crippen molar-refractivity contribution in [1.29, 1.82) is 0 Å². The normalized spacial score (nSPS) is 13.5. The first-order valence-electron chi connectivity index (χ1n) is 10.6. The van der Waals surface area contributed by atoms with Crippen molar-refractivity contribution in [3.05, 3.63) is 57.6 Å². The van der Waals surface area contributed by atoms with Gasteiger partial charge in [-0.25, -0.2) is 0 Å². The number of carbonyl (C=O) groups excluding carboxylic acids is 1. The van der Waals surface area contributed by atoms with Crippen molar-refractivity contribution in [2.45, 2.75) is 32.1 Å². The van der Waals surface area contributed by atoms with E-state index in [0.29, 0.717) is 6.54 Å². The number of nitrogens with one attached hydrogen (secondary N) is 1. The van der Waals surface area contributed by atoms with Crippen molar-refractivity contribution in [2.75, 3.05) is 38.8 Å². The quantitative estimate of drug-likeness (QED) is 0.370. The molecule has 1 N–H and O–H groups in total. The number of methoxy groups -OCH3 is 2. The molecule has 0 bridgehead atoms. The number of rotatable bonds is 9. The van der Waals surface area contributed by atoms with Crippen molar-refractivity contribution in [3.63, 3.8) is 0 Å². The van der Waals surface area contributed by atoms with Crippen molar-refractivity contribution in [1.82, 2.24) is 5.32 Å². The number of benzene rings is 2. The van der Waals surface area contributed by atoms with Crippen LogP contribution in [0.5, 0.6) is 11.5 Å². The molecule has 1 heterocycles. The summed E-state index contributed by atoms with van der Waals surface area (Å²) in [5.74, 6) is -0.0288. The molecule has 8 heteroatoms. The van der Waals surface area contributed by atoms with Crippen LogP contribution >= 0.6 is 0 Å². The van der Waals surface area contributed by atoms with Gasteiger partial charge in [0.1, 0.15) is 5.56 Å². The summed E-state index contributed by atoms with van der Waals surface area (Å²) in [6, 6.07) is 11.1. The smallest absolute Gasteiger partial charge is 0.286 e. The molecule has 0 spiro atoms. The van der Waals surface area contributed by atoms with Crippen molar-refractivity contribution in [2.24, 2.45) is 0 Å². The molecule has 0 aliphatic carbocycles. The Kier molecular flexibility index (Phi) is 7.70. The molecule has 31 heavy (non-hydrogen) atoms. The molecule has 0 saturated carbocycles. The first-order valence-corrected chi connectivity index (χ1v) is 10.6. The third-order valence-electron chi connectivity index (χ3n) is 5.53. The van der Waals surface area contributed by atoms with E-state index < -0.39 is 10.8 Å². The van der Waals surface area contributed by atoms with E-state index in [4.69, 9.17) is 9.47 Å². The fraction of sp³-hybridized carbons (Fsp3) is 0.435. The van der Waals surface area contributed by atoms with Gasteiger partial charge < -0.3 is 19.7 Å². The van der Waals surface area contributed by atoms with Crippen LogP contribution in [0, 0.1) is 10.1 Å². The lowest BCUT2D eigenvalue weighted by Crippen LogP contribution is -2.29. The van der Waals surface area contributed by atoms with Crippen LogP contribution in [0.2, 0.25) is 0 Å². The summed E-state index contributed by atoms with van der Waals surface area (Å²) in [7, 11) is 2.81. The van der Waals surface area contributed by atoms with Crippen LogP contribution in [0.25, 0.3) is 0 Å². The topological polar surface area (TPSA) is 93.9 Å². The van der Waals surface area contributed by atoms with Gasteiger partial charge in [0, 0.05) is 31.4 Å². The molecule has 0 unspecified atom stereocenters. The highest BCUT2D eigenvalue weighted by molar-refractivity contribution is 5.99. The van der Waals surface area contributed by atoms with Gasteiger partial charge in [-0.15, -0.1) is 0 Å². The third kappa shape index (κ3) is 5.65. The van der Waals surface area contributed by atoms with Gasteiger partial charge in [0.05, 0.1) is 25.2 Å². The highest BCUT2D eigenvalue weighted by atomic mass is 16.6. The summed E-state index contributed by atoms with van der Waals surface area (Å²) < 4.78 is 10.3. The molecule has 0 radical (unpaired) electrons. The predicted octanol–water partition coefficient (Wildman–Crippen LogP) is 3.96. The van der Waals surface area contributed by atoms with Crippen LogP contribution in [0.1, 0.15) is 41.6 Å². The zero-order chi connectivity index (χ0) is 22.2. The van der Waals surface area contributed by atoms with Gasteiger partial charge in [0.25, 0.3) is 11.6 Å². The second-order valence-electron chi connectivity index (χ2n) is 7.56.